The van der Waals surface area contributed by atoms with Crippen molar-refractivity contribution >= 4 is 23.3 Å². The second-order valence-corrected chi connectivity index (χ2v) is 5.06. The Morgan fingerprint density at radius 3 is 2.95 bits per heavy atom. The average molecular weight is 299 g/mol. The van der Waals surface area contributed by atoms with Crippen molar-refractivity contribution in [3.8, 4) is 0 Å². The second-order valence-electron chi connectivity index (χ2n) is 4.65. The number of nitrogen functional groups attached to an aromatic ring is 1. The zero-order chi connectivity index (χ0) is 14.4. The van der Waals surface area contributed by atoms with E-state index in [2.05, 4.69) is 15.2 Å². The predicted molar refractivity (Wildman–Crippen MR) is 77.9 cm³/mol. The van der Waals surface area contributed by atoms with Gasteiger partial charge in [-0.1, -0.05) is 11.6 Å². The summed E-state index contributed by atoms with van der Waals surface area (Å²) in [7, 11) is 0. The van der Waals surface area contributed by atoms with Crippen molar-refractivity contribution in [1.82, 2.24) is 15.2 Å². The van der Waals surface area contributed by atoms with Gasteiger partial charge >= 0.3 is 0 Å². The van der Waals surface area contributed by atoms with Crippen molar-refractivity contribution < 1.29 is 9.53 Å². The molecule has 6 nitrogen and oxygen atoms in total. The Bertz CT molecular complexity index is 464. The van der Waals surface area contributed by atoms with Gasteiger partial charge in [-0.2, -0.15) is 0 Å². The Morgan fingerprint density at radius 2 is 2.25 bits per heavy atom. The molecule has 7 heteroatoms. The topological polar surface area (TPSA) is 80.5 Å². The van der Waals surface area contributed by atoms with Gasteiger partial charge in [-0.3, -0.25) is 9.69 Å². The number of amides is 1. The number of morpholine rings is 1. The van der Waals surface area contributed by atoms with E-state index < -0.39 is 0 Å². The zero-order valence-electron chi connectivity index (χ0n) is 11.3. The van der Waals surface area contributed by atoms with Gasteiger partial charge in [-0.15, -0.1) is 0 Å². The van der Waals surface area contributed by atoms with Crippen LogP contribution in [0.3, 0.4) is 0 Å². The Hall–Kier alpha value is -1.37. The molecule has 0 radical (unpaired) electrons. The molecule has 1 saturated heterocycles. The number of carbonyl (C=O) groups is 1. The van der Waals surface area contributed by atoms with Crippen LogP contribution in [0.15, 0.2) is 12.3 Å². The van der Waals surface area contributed by atoms with Crippen molar-refractivity contribution in [2.24, 2.45) is 0 Å². The van der Waals surface area contributed by atoms with E-state index in [4.69, 9.17) is 22.1 Å². The SMILES string of the molecule is Nc1ncc(C(=O)NCCCN2CCOCC2)cc1Cl. The number of anilines is 1. The lowest BCUT2D eigenvalue weighted by Gasteiger charge is -2.26. The van der Waals surface area contributed by atoms with Crippen LogP contribution in [0.2, 0.25) is 5.02 Å². The number of rotatable bonds is 5. The van der Waals surface area contributed by atoms with Crippen LogP contribution in [0.5, 0.6) is 0 Å². The first-order chi connectivity index (χ1) is 9.66. The van der Waals surface area contributed by atoms with Gasteiger partial charge in [-0.25, -0.2) is 4.98 Å². The third-order valence-electron chi connectivity index (χ3n) is 3.17. The molecule has 0 atom stereocenters. The molecule has 0 unspecified atom stereocenters. The lowest BCUT2D eigenvalue weighted by Crippen LogP contribution is -2.38. The second kappa shape index (κ2) is 7.42. The third kappa shape index (κ3) is 4.33. The Kier molecular flexibility index (Phi) is 5.58. The highest BCUT2D eigenvalue weighted by Gasteiger charge is 2.11. The molecule has 1 amide bonds. The summed E-state index contributed by atoms with van der Waals surface area (Å²) in [5, 5.41) is 3.15. The summed E-state index contributed by atoms with van der Waals surface area (Å²) in [6.07, 6.45) is 2.33. The molecule has 0 spiro atoms. The quantitative estimate of drug-likeness (QED) is 0.785. The lowest BCUT2D eigenvalue weighted by atomic mass is 10.2. The lowest BCUT2D eigenvalue weighted by molar-refractivity contribution is 0.0374. The standard InChI is InChI=1S/C13H19ClN4O2/c14-11-8-10(9-17-12(11)15)13(19)16-2-1-3-18-4-6-20-7-5-18/h8-9H,1-7H2,(H2,15,17)(H,16,19). The number of nitrogens with one attached hydrogen (secondary N) is 1. The molecule has 0 bridgehead atoms. The van der Waals surface area contributed by atoms with Gasteiger partial charge in [0.2, 0.25) is 0 Å². The van der Waals surface area contributed by atoms with Crippen molar-refractivity contribution in [1.29, 1.82) is 0 Å². The van der Waals surface area contributed by atoms with Gasteiger partial charge in [0.05, 0.1) is 23.8 Å². The van der Waals surface area contributed by atoms with E-state index in [-0.39, 0.29) is 11.7 Å². The first-order valence-corrected chi connectivity index (χ1v) is 7.04. The molecule has 1 aliphatic heterocycles. The summed E-state index contributed by atoms with van der Waals surface area (Å²) in [5.41, 5.74) is 5.93. The van der Waals surface area contributed by atoms with Gasteiger partial charge < -0.3 is 15.8 Å². The monoisotopic (exact) mass is 298 g/mol. The molecule has 0 aliphatic carbocycles. The fourth-order valence-corrected chi connectivity index (χ4v) is 2.17. The molecule has 0 aromatic carbocycles. The molecule has 110 valence electrons. The summed E-state index contributed by atoms with van der Waals surface area (Å²) < 4.78 is 5.28. The van der Waals surface area contributed by atoms with E-state index in [1.54, 1.807) is 0 Å². The maximum Gasteiger partial charge on any atom is 0.252 e. The molecule has 3 N–H and O–H groups in total. The van der Waals surface area contributed by atoms with Crippen molar-refractivity contribution in [3.63, 3.8) is 0 Å². The number of nitrogens with zero attached hydrogens (tertiary/aromatic N) is 2. The number of nitrogens with two attached hydrogens (primary N) is 1. The summed E-state index contributed by atoms with van der Waals surface area (Å²) in [5.74, 6) is 0.0527. The van der Waals surface area contributed by atoms with Crippen LogP contribution in [0.4, 0.5) is 5.82 Å². The molecule has 0 saturated carbocycles. The summed E-state index contributed by atoms with van der Waals surface area (Å²) in [6, 6.07) is 1.53. The first-order valence-electron chi connectivity index (χ1n) is 6.66. The number of aromatic nitrogens is 1. The van der Waals surface area contributed by atoms with Crippen LogP contribution < -0.4 is 11.1 Å². The molecule has 2 heterocycles. The highest BCUT2D eigenvalue weighted by molar-refractivity contribution is 6.33. The van der Waals surface area contributed by atoms with E-state index >= 15 is 0 Å². The summed E-state index contributed by atoms with van der Waals surface area (Å²) >= 11 is 5.83. The van der Waals surface area contributed by atoms with E-state index in [1.807, 2.05) is 0 Å². The van der Waals surface area contributed by atoms with E-state index in [9.17, 15) is 4.79 Å². The smallest absolute Gasteiger partial charge is 0.252 e. The molecule has 1 aromatic rings. The number of carbonyl (C=O) groups excluding carboxylic acids is 1. The number of hydrogen-bond acceptors (Lipinski definition) is 5. The molecular formula is C13H19ClN4O2. The van der Waals surface area contributed by atoms with E-state index in [0.29, 0.717) is 17.1 Å². The maximum atomic E-state index is 11.9. The third-order valence-corrected chi connectivity index (χ3v) is 3.47. The van der Waals surface area contributed by atoms with Gasteiger partial charge in [0.25, 0.3) is 5.91 Å². The van der Waals surface area contributed by atoms with Crippen LogP contribution >= 0.6 is 11.6 Å². The van der Waals surface area contributed by atoms with Crippen LogP contribution in [0.1, 0.15) is 16.8 Å². The molecule has 20 heavy (non-hydrogen) atoms. The number of hydrogen-bond donors (Lipinski definition) is 2. The fraction of sp³-hybridized carbons (Fsp3) is 0.538. The Labute approximate surface area is 123 Å². The Balaban J connectivity index is 1.70. The van der Waals surface area contributed by atoms with Crippen LogP contribution in [0.25, 0.3) is 0 Å². The molecule has 1 aliphatic rings. The van der Waals surface area contributed by atoms with Gasteiger partial charge in [-0.05, 0) is 19.0 Å². The molecule has 2 rings (SSSR count). The zero-order valence-corrected chi connectivity index (χ0v) is 12.0. The molecular weight excluding hydrogens is 280 g/mol. The predicted octanol–water partition coefficient (Wildman–Crippen LogP) is 0.769. The average Bonchev–Trinajstić information content (AvgIpc) is 2.47. The van der Waals surface area contributed by atoms with Crippen molar-refractivity contribution in [3.05, 3.63) is 22.8 Å². The maximum absolute atomic E-state index is 11.9. The first kappa shape index (κ1) is 15.0. The molecule has 1 aromatic heterocycles. The van der Waals surface area contributed by atoms with Crippen molar-refractivity contribution in [2.75, 3.05) is 45.1 Å². The van der Waals surface area contributed by atoms with Gasteiger partial charge in [0, 0.05) is 25.8 Å². The van der Waals surface area contributed by atoms with Crippen LogP contribution in [0, 0.1) is 0 Å². The van der Waals surface area contributed by atoms with Gasteiger partial charge in [0.1, 0.15) is 5.82 Å². The summed E-state index contributed by atoms with van der Waals surface area (Å²) in [4.78, 5) is 18.1. The normalized spacial score (nSPS) is 16.1. The minimum absolute atomic E-state index is 0.179. The minimum atomic E-state index is -0.179. The van der Waals surface area contributed by atoms with Gasteiger partial charge in [0.15, 0.2) is 0 Å². The number of ether oxygens (including phenoxy) is 1. The van der Waals surface area contributed by atoms with E-state index in [1.165, 1.54) is 12.3 Å². The van der Waals surface area contributed by atoms with Crippen LogP contribution in [-0.4, -0.2) is 55.2 Å². The number of halogens is 1. The largest absolute Gasteiger partial charge is 0.382 e. The van der Waals surface area contributed by atoms with Crippen molar-refractivity contribution in [2.45, 2.75) is 6.42 Å². The summed E-state index contributed by atoms with van der Waals surface area (Å²) in [6.45, 7) is 5.10. The minimum Gasteiger partial charge on any atom is -0.382 e. The highest BCUT2D eigenvalue weighted by atomic mass is 35.5. The molecule has 1 fully saturated rings. The number of pyridine rings is 1. The Morgan fingerprint density at radius 1 is 1.50 bits per heavy atom. The van der Waals surface area contributed by atoms with Crippen LogP contribution in [-0.2, 0) is 4.74 Å². The fourth-order valence-electron chi connectivity index (χ4n) is 2.00. The van der Waals surface area contributed by atoms with E-state index in [0.717, 1.165) is 39.3 Å². The highest BCUT2D eigenvalue weighted by Crippen LogP contribution is 2.16.